The fraction of sp³-hybridized carbons (Fsp3) is 0.588. The zero-order valence-electron chi connectivity index (χ0n) is 13.2. The van der Waals surface area contributed by atoms with Crippen molar-refractivity contribution in [3.05, 3.63) is 29.8 Å². The zero-order chi connectivity index (χ0) is 15.5. The van der Waals surface area contributed by atoms with E-state index in [1.807, 2.05) is 26.1 Å². The van der Waals surface area contributed by atoms with Gasteiger partial charge in [-0.15, -0.1) is 0 Å². The van der Waals surface area contributed by atoms with Crippen LogP contribution in [0.2, 0.25) is 0 Å². The second-order valence-electron chi connectivity index (χ2n) is 6.11. The molecule has 4 nitrogen and oxygen atoms in total. The van der Waals surface area contributed by atoms with E-state index in [4.69, 9.17) is 0 Å². The second kappa shape index (κ2) is 6.48. The lowest BCUT2D eigenvalue weighted by Gasteiger charge is -2.35. The number of nitrogens with zero attached hydrogens (tertiary/aromatic N) is 1. The van der Waals surface area contributed by atoms with Gasteiger partial charge in [0.15, 0.2) is 0 Å². The van der Waals surface area contributed by atoms with Crippen LogP contribution in [0.3, 0.4) is 0 Å². The number of rotatable bonds is 5. The van der Waals surface area contributed by atoms with E-state index >= 15 is 0 Å². The van der Waals surface area contributed by atoms with E-state index in [-0.39, 0.29) is 23.1 Å². The van der Waals surface area contributed by atoms with Crippen LogP contribution in [0.1, 0.15) is 44.7 Å². The minimum atomic E-state index is -0.276. The van der Waals surface area contributed by atoms with Gasteiger partial charge in [-0.25, -0.2) is 0 Å². The maximum absolute atomic E-state index is 13.0. The van der Waals surface area contributed by atoms with Gasteiger partial charge >= 0.3 is 0 Å². The lowest BCUT2D eigenvalue weighted by molar-refractivity contribution is -0.142. The van der Waals surface area contributed by atoms with Gasteiger partial charge in [0.2, 0.25) is 5.91 Å². The molecule has 1 saturated heterocycles. The van der Waals surface area contributed by atoms with Crippen molar-refractivity contribution in [1.82, 2.24) is 10.2 Å². The number of amides is 1. The molecule has 0 saturated carbocycles. The number of carbonyl (C=O) groups excluding carboxylic acids is 1. The summed E-state index contributed by atoms with van der Waals surface area (Å²) >= 11 is 0. The highest BCUT2D eigenvalue weighted by atomic mass is 16.3. The summed E-state index contributed by atoms with van der Waals surface area (Å²) in [5.74, 6) is 0.434. The summed E-state index contributed by atoms with van der Waals surface area (Å²) in [4.78, 5) is 14.8. The number of hydrogen-bond acceptors (Lipinski definition) is 3. The Kier molecular flexibility index (Phi) is 4.88. The largest absolute Gasteiger partial charge is 0.508 e. The van der Waals surface area contributed by atoms with E-state index in [9.17, 15) is 9.90 Å². The van der Waals surface area contributed by atoms with Gasteiger partial charge < -0.3 is 15.3 Å². The molecule has 21 heavy (non-hydrogen) atoms. The Morgan fingerprint density at radius 3 is 2.76 bits per heavy atom. The third-order valence-electron chi connectivity index (χ3n) is 4.71. The molecule has 1 aromatic carbocycles. The van der Waals surface area contributed by atoms with E-state index in [0.29, 0.717) is 0 Å². The molecule has 2 rings (SSSR count). The van der Waals surface area contributed by atoms with E-state index in [1.165, 1.54) is 0 Å². The predicted molar refractivity (Wildman–Crippen MR) is 84.1 cm³/mol. The molecule has 1 aromatic rings. The Morgan fingerprint density at radius 1 is 1.48 bits per heavy atom. The zero-order valence-corrected chi connectivity index (χ0v) is 13.2. The van der Waals surface area contributed by atoms with Crippen molar-refractivity contribution in [2.24, 2.45) is 5.41 Å². The Labute approximate surface area is 127 Å². The summed E-state index contributed by atoms with van der Waals surface area (Å²) in [6.45, 7) is 5.76. The lowest BCUT2D eigenvalue weighted by atomic mass is 9.80. The molecule has 1 aliphatic heterocycles. The average molecular weight is 290 g/mol. The first-order valence-corrected chi connectivity index (χ1v) is 7.77. The minimum absolute atomic E-state index is 0.131. The van der Waals surface area contributed by atoms with Gasteiger partial charge in [0.05, 0.1) is 11.5 Å². The molecule has 1 fully saturated rings. The van der Waals surface area contributed by atoms with Crippen LogP contribution in [-0.4, -0.2) is 36.1 Å². The first-order chi connectivity index (χ1) is 10.0. The monoisotopic (exact) mass is 290 g/mol. The Balaban J connectivity index is 2.20. The van der Waals surface area contributed by atoms with Crippen LogP contribution in [0.15, 0.2) is 24.3 Å². The van der Waals surface area contributed by atoms with Gasteiger partial charge in [-0.1, -0.05) is 31.5 Å². The molecule has 0 aromatic heterocycles. The van der Waals surface area contributed by atoms with E-state index in [1.54, 1.807) is 17.0 Å². The van der Waals surface area contributed by atoms with Gasteiger partial charge in [-0.3, -0.25) is 4.79 Å². The van der Waals surface area contributed by atoms with Crippen LogP contribution >= 0.6 is 0 Å². The number of phenolic OH excluding ortho intramolecular Hbond substituents is 1. The van der Waals surface area contributed by atoms with Crippen molar-refractivity contribution in [3.8, 4) is 5.75 Å². The number of benzene rings is 1. The molecule has 1 heterocycles. The highest BCUT2D eigenvalue weighted by molar-refractivity contribution is 5.83. The maximum Gasteiger partial charge on any atom is 0.230 e. The molecule has 2 unspecified atom stereocenters. The molecule has 1 amide bonds. The standard InChI is InChI=1S/C17H26N2O2/c1-4-9-17(10-11-18-12-17)16(21)19(3)13(2)14-7-5-6-8-15(14)20/h5-8,13,18,20H,4,9-12H2,1-3H3. The maximum atomic E-state index is 13.0. The molecule has 0 aliphatic carbocycles. The van der Waals surface area contributed by atoms with Crippen molar-refractivity contribution in [2.75, 3.05) is 20.1 Å². The topological polar surface area (TPSA) is 52.6 Å². The molecule has 0 spiro atoms. The molecular formula is C17H26N2O2. The molecule has 116 valence electrons. The highest BCUT2D eigenvalue weighted by Gasteiger charge is 2.43. The lowest BCUT2D eigenvalue weighted by Crippen LogP contribution is -2.44. The molecule has 0 radical (unpaired) electrons. The second-order valence-corrected chi connectivity index (χ2v) is 6.11. The van der Waals surface area contributed by atoms with Crippen molar-refractivity contribution in [3.63, 3.8) is 0 Å². The molecular weight excluding hydrogens is 264 g/mol. The molecule has 2 N–H and O–H groups in total. The first-order valence-electron chi connectivity index (χ1n) is 7.77. The molecule has 4 heteroatoms. The highest BCUT2D eigenvalue weighted by Crippen LogP contribution is 2.36. The number of carbonyl (C=O) groups is 1. The fourth-order valence-electron chi connectivity index (χ4n) is 3.32. The number of aromatic hydroxyl groups is 1. The normalized spacial score (nSPS) is 23.0. The van der Waals surface area contributed by atoms with E-state index in [0.717, 1.165) is 37.9 Å². The van der Waals surface area contributed by atoms with E-state index < -0.39 is 0 Å². The summed E-state index contributed by atoms with van der Waals surface area (Å²) in [6.07, 6.45) is 2.82. The predicted octanol–water partition coefficient (Wildman–Crippen LogP) is 2.69. The molecule has 1 aliphatic rings. The Hall–Kier alpha value is -1.55. The van der Waals surface area contributed by atoms with Crippen LogP contribution < -0.4 is 5.32 Å². The summed E-state index contributed by atoms with van der Waals surface area (Å²) < 4.78 is 0. The summed E-state index contributed by atoms with van der Waals surface area (Å²) in [6, 6.07) is 7.11. The SMILES string of the molecule is CCCC1(C(=O)N(C)C(C)c2ccccc2O)CCNC1. The van der Waals surface area contributed by atoms with Crippen molar-refractivity contribution in [2.45, 2.75) is 39.2 Å². The van der Waals surface area contributed by atoms with Gasteiger partial charge in [-0.05, 0) is 32.4 Å². The Morgan fingerprint density at radius 2 is 2.19 bits per heavy atom. The van der Waals surface area contributed by atoms with Crippen LogP contribution in [0.5, 0.6) is 5.75 Å². The summed E-state index contributed by atoms with van der Waals surface area (Å²) in [5, 5.41) is 13.3. The first kappa shape index (κ1) is 15.8. The van der Waals surface area contributed by atoms with Crippen LogP contribution in [0.4, 0.5) is 0 Å². The van der Waals surface area contributed by atoms with Crippen molar-refractivity contribution < 1.29 is 9.90 Å². The minimum Gasteiger partial charge on any atom is -0.508 e. The van der Waals surface area contributed by atoms with Gasteiger partial charge in [-0.2, -0.15) is 0 Å². The van der Waals surface area contributed by atoms with Crippen molar-refractivity contribution >= 4 is 5.91 Å². The average Bonchev–Trinajstić information content (AvgIpc) is 2.95. The van der Waals surface area contributed by atoms with Crippen molar-refractivity contribution in [1.29, 1.82) is 0 Å². The number of hydrogen-bond donors (Lipinski definition) is 2. The van der Waals surface area contributed by atoms with Gasteiger partial charge in [0, 0.05) is 19.2 Å². The third-order valence-corrected chi connectivity index (χ3v) is 4.71. The number of phenols is 1. The van der Waals surface area contributed by atoms with Gasteiger partial charge in [0.25, 0.3) is 0 Å². The molecule has 0 bridgehead atoms. The fourth-order valence-corrected chi connectivity index (χ4v) is 3.32. The van der Waals surface area contributed by atoms with E-state index in [2.05, 4.69) is 12.2 Å². The molecule has 2 atom stereocenters. The summed E-state index contributed by atoms with van der Waals surface area (Å²) in [7, 11) is 1.84. The third kappa shape index (κ3) is 3.05. The smallest absolute Gasteiger partial charge is 0.230 e. The summed E-state index contributed by atoms with van der Waals surface area (Å²) in [5.41, 5.74) is 0.522. The quantitative estimate of drug-likeness (QED) is 0.876. The Bertz CT molecular complexity index is 495. The van der Waals surface area contributed by atoms with Crippen LogP contribution in [-0.2, 0) is 4.79 Å². The number of nitrogens with one attached hydrogen (secondary N) is 1. The van der Waals surface area contributed by atoms with Gasteiger partial charge in [0.1, 0.15) is 5.75 Å². The number of para-hydroxylation sites is 1. The van der Waals surface area contributed by atoms with Crippen LogP contribution in [0, 0.1) is 5.41 Å². The van der Waals surface area contributed by atoms with Crippen LogP contribution in [0.25, 0.3) is 0 Å².